The standard InChI is InChI=1S/C23H29N3O3/c1-6-28-22-15-23(26-10-9-20(25-26)17(4)13-16(2)3)24-21-14-18(7-8-19(21)22)29-12-11-27-5/h7-10,14-16H,4,6,11-13H2,1-3,5H3. The van der Waals surface area contributed by atoms with Gasteiger partial charge in [0.05, 0.1) is 24.4 Å². The zero-order valence-corrected chi connectivity index (χ0v) is 17.6. The van der Waals surface area contributed by atoms with E-state index in [0.29, 0.717) is 31.6 Å². The normalized spacial score (nSPS) is 11.2. The summed E-state index contributed by atoms with van der Waals surface area (Å²) in [4.78, 5) is 4.79. The van der Waals surface area contributed by atoms with Crippen molar-refractivity contribution in [3.63, 3.8) is 0 Å². The molecule has 2 aromatic heterocycles. The van der Waals surface area contributed by atoms with E-state index >= 15 is 0 Å². The third-order valence-corrected chi connectivity index (χ3v) is 4.43. The molecule has 0 unspecified atom stereocenters. The second-order valence-electron chi connectivity index (χ2n) is 7.28. The van der Waals surface area contributed by atoms with Gasteiger partial charge in [0.1, 0.15) is 18.1 Å². The average molecular weight is 396 g/mol. The quantitative estimate of drug-likeness (QED) is 0.457. The number of aromatic nitrogens is 3. The number of methoxy groups -OCH3 is 1. The Hall–Kier alpha value is -2.86. The molecule has 0 atom stereocenters. The Morgan fingerprint density at radius 2 is 1.97 bits per heavy atom. The minimum absolute atomic E-state index is 0.487. The molecule has 154 valence electrons. The van der Waals surface area contributed by atoms with Crippen molar-refractivity contribution in [3.05, 3.63) is 48.8 Å². The van der Waals surface area contributed by atoms with Crippen molar-refractivity contribution in [2.45, 2.75) is 27.2 Å². The van der Waals surface area contributed by atoms with Gasteiger partial charge < -0.3 is 14.2 Å². The van der Waals surface area contributed by atoms with E-state index in [0.717, 1.165) is 40.1 Å². The van der Waals surface area contributed by atoms with Gasteiger partial charge in [-0.05, 0) is 43.0 Å². The fraction of sp³-hybridized carbons (Fsp3) is 0.391. The average Bonchev–Trinajstić information content (AvgIpc) is 3.18. The lowest BCUT2D eigenvalue weighted by Crippen LogP contribution is -2.05. The van der Waals surface area contributed by atoms with Gasteiger partial charge in [0.2, 0.25) is 0 Å². The van der Waals surface area contributed by atoms with Crippen LogP contribution in [0.3, 0.4) is 0 Å². The summed E-state index contributed by atoms with van der Waals surface area (Å²) in [6.45, 7) is 12.1. The van der Waals surface area contributed by atoms with Crippen molar-refractivity contribution in [2.24, 2.45) is 5.92 Å². The molecule has 3 aromatic rings. The molecule has 29 heavy (non-hydrogen) atoms. The van der Waals surface area contributed by atoms with Crippen LogP contribution in [-0.2, 0) is 4.74 Å². The Bertz CT molecular complexity index is 979. The first-order valence-corrected chi connectivity index (χ1v) is 9.95. The third kappa shape index (κ3) is 5.15. The maximum atomic E-state index is 5.87. The number of allylic oxidation sites excluding steroid dienone is 1. The van der Waals surface area contributed by atoms with Crippen molar-refractivity contribution < 1.29 is 14.2 Å². The van der Waals surface area contributed by atoms with Gasteiger partial charge in [-0.1, -0.05) is 20.4 Å². The van der Waals surface area contributed by atoms with Gasteiger partial charge in [-0.15, -0.1) is 0 Å². The molecule has 0 radical (unpaired) electrons. The lowest BCUT2D eigenvalue weighted by atomic mass is 10.0. The topological polar surface area (TPSA) is 58.4 Å². The molecule has 0 aliphatic carbocycles. The predicted molar refractivity (Wildman–Crippen MR) is 116 cm³/mol. The molecule has 0 bridgehead atoms. The highest BCUT2D eigenvalue weighted by molar-refractivity contribution is 5.87. The first-order valence-electron chi connectivity index (χ1n) is 9.95. The highest BCUT2D eigenvalue weighted by Crippen LogP contribution is 2.30. The van der Waals surface area contributed by atoms with E-state index in [2.05, 4.69) is 25.5 Å². The summed E-state index contributed by atoms with van der Waals surface area (Å²) < 4.78 is 18.4. The summed E-state index contributed by atoms with van der Waals surface area (Å²) in [6.07, 6.45) is 2.82. The Morgan fingerprint density at radius 1 is 1.14 bits per heavy atom. The summed E-state index contributed by atoms with van der Waals surface area (Å²) in [7, 11) is 1.65. The molecule has 1 aromatic carbocycles. The van der Waals surface area contributed by atoms with Gasteiger partial charge in [0, 0.05) is 30.8 Å². The van der Waals surface area contributed by atoms with Crippen LogP contribution in [0.25, 0.3) is 22.3 Å². The largest absolute Gasteiger partial charge is 0.493 e. The molecule has 0 amide bonds. The highest BCUT2D eigenvalue weighted by Gasteiger charge is 2.12. The van der Waals surface area contributed by atoms with Crippen LogP contribution in [0.1, 0.15) is 32.9 Å². The summed E-state index contributed by atoms with van der Waals surface area (Å²) in [5, 5.41) is 5.61. The number of hydrogen-bond acceptors (Lipinski definition) is 5. The fourth-order valence-electron chi connectivity index (χ4n) is 3.13. The van der Waals surface area contributed by atoms with Crippen LogP contribution in [0, 0.1) is 5.92 Å². The molecule has 6 heteroatoms. The number of pyridine rings is 1. The van der Waals surface area contributed by atoms with Gasteiger partial charge in [-0.25, -0.2) is 9.67 Å². The second-order valence-corrected chi connectivity index (χ2v) is 7.28. The monoisotopic (exact) mass is 395 g/mol. The van der Waals surface area contributed by atoms with Crippen molar-refractivity contribution in [2.75, 3.05) is 26.9 Å². The Morgan fingerprint density at radius 3 is 2.69 bits per heavy atom. The minimum Gasteiger partial charge on any atom is -0.493 e. The van der Waals surface area contributed by atoms with Gasteiger partial charge in [0.15, 0.2) is 5.82 Å². The van der Waals surface area contributed by atoms with Crippen molar-refractivity contribution in [1.29, 1.82) is 0 Å². The van der Waals surface area contributed by atoms with Crippen LogP contribution in [-0.4, -0.2) is 41.7 Å². The minimum atomic E-state index is 0.487. The molecule has 0 saturated carbocycles. The number of hydrogen-bond donors (Lipinski definition) is 0. The number of rotatable bonds is 10. The summed E-state index contributed by atoms with van der Waals surface area (Å²) >= 11 is 0. The zero-order chi connectivity index (χ0) is 20.8. The molecular formula is C23H29N3O3. The molecule has 3 rings (SSSR count). The van der Waals surface area contributed by atoms with Crippen LogP contribution < -0.4 is 9.47 Å². The summed E-state index contributed by atoms with van der Waals surface area (Å²) in [6, 6.07) is 9.70. The van der Waals surface area contributed by atoms with Crippen LogP contribution >= 0.6 is 0 Å². The maximum Gasteiger partial charge on any atom is 0.157 e. The van der Waals surface area contributed by atoms with E-state index in [1.165, 1.54) is 0 Å². The van der Waals surface area contributed by atoms with Crippen LogP contribution in [0.15, 0.2) is 43.1 Å². The molecule has 0 spiro atoms. The Labute approximate surface area is 172 Å². The van der Waals surface area contributed by atoms with Crippen molar-refractivity contribution in [1.82, 2.24) is 14.8 Å². The van der Waals surface area contributed by atoms with Gasteiger partial charge in [-0.2, -0.15) is 5.10 Å². The summed E-state index contributed by atoms with van der Waals surface area (Å²) in [5.41, 5.74) is 2.70. The SMILES string of the molecule is C=C(CC(C)C)c1ccn(-c2cc(OCC)c3ccc(OCCOC)cc3n2)n1. The van der Waals surface area contributed by atoms with E-state index in [1.807, 2.05) is 43.5 Å². The molecule has 0 aliphatic heterocycles. The van der Waals surface area contributed by atoms with Crippen molar-refractivity contribution in [3.8, 4) is 17.3 Å². The van der Waals surface area contributed by atoms with E-state index in [1.54, 1.807) is 11.8 Å². The number of fused-ring (bicyclic) bond motifs is 1. The Balaban J connectivity index is 1.96. The molecule has 0 N–H and O–H groups in total. The lowest BCUT2D eigenvalue weighted by Gasteiger charge is -2.12. The zero-order valence-electron chi connectivity index (χ0n) is 17.6. The predicted octanol–water partition coefficient (Wildman–Crippen LogP) is 4.90. The van der Waals surface area contributed by atoms with Crippen molar-refractivity contribution >= 4 is 16.5 Å². The molecule has 0 fully saturated rings. The van der Waals surface area contributed by atoms with E-state index < -0.39 is 0 Å². The Kier molecular flexibility index (Phi) is 6.88. The molecule has 6 nitrogen and oxygen atoms in total. The van der Waals surface area contributed by atoms with Gasteiger partial charge in [-0.3, -0.25) is 0 Å². The summed E-state index contributed by atoms with van der Waals surface area (Å²) in [5.74, 6) is 2.74. The van der Waals surface area contributed by atoms with Crippen LogP contribution in [0.4, 0.5) is 0 Å². The second kappa shape index (κ2) is 9.56. The molecular weight excluding hydrogens is 366 g/mol. The van der Waals surface area contributed by atoms with E-state index in [-0.39, 0.29) is 0 Å². The number of ether oxygens (including phenoxy) is 3. The first-order chi connectivity index (χ1) is 14.0. The van der Waals surface area contributed by atoms with Crippen LogP contribution in [0.2, 0.25) is 0 Å². The smallest absolute Gasteiger partial charge is 0.157 e. The lowest BCUT2D eigenvalue weighted by molar-refractivity contribution is 0.146. The third-order valence-electron chi connectivity index (χ3n) is 4.43. The molecule has 0 saturated heterocycles. The van der Waals surface area contributed by atoms with E-state index in [9.17, 15) is 0 Å². The molecule has 2 heterocycles. The van der Waals surface area contributed by atoms with Crippen LogP contribution in [0.5, 0.6) is 11.5 Å². The first kappa shape index (κ1) is 20.9. The van der Waals surface area contributed by atoms with Gasteiger partial charge in [0.25, 0.3) is 0 Å². The fourth-order valence-corrected chi connectivity index (χ4v) is 3.13. The number of benzene rings is 1. The van der Waals surface area contributed by atoms with Gasteiger partial charge >= 0.3 is 0 Å². The highest BCUT2D eigenvalue weighted by atomic mass is 16.5. The number of nitrogens with zero attached hydrogens (tertiary/aromatic N) is 3. The molecule has 0 aliphatic rings. The van der Waals surface area contributed by atoms with E-state index in [4.69, 9.17) is 19.2 Å². The maximum absolute atomic E-state index is 5.87.